The van der Waals surface area contributed by atoms with Gasteiger partial charge in [-0.25, -0.2) is 18.2 Å². The van der Waals surface area contributed by atoms with Gasteiger partial charge < -0.3 is 20.3 Å². The summed E-state index contributed by atoms with van der Waals surface area (Å²) in [6, 6.07) is 4.34. The molecule has 4 aliphatic rings. The molecule has 4 aliphatic heterocycles. The number of fused-ring (bicyclic) bond motifs is 3. The molecular weight excluding hydrogens is 625 g/mol. The van der Waals surface area contributed by atoms with Crippen molar-refractivity contribution in [3.8, 4) is 23.3 Å². The highest BCUT2D eigenvalue weighted by Gasteiger charge is 2.50. The lowest BCUT2D eigenvalue weighted by Gasteiger charge is -2.52. The smallest absolute Gasteiger partial charge is 0.319 e. The second kappa shape index (κ2) is 10.5. The summed E-state index contributed by atoms with van der Waals surface area (Å²) in [6.45, 7) is 4.02. The molecule has 4 fully saturated rings. The van der Waals surface area contributed by atoms with E-state index in [1.165, 1.54) is 12.1 Å². The van der Waals surface area contributed by atoms with E-state index in [9.17, 15) is 14.0 Å². The number of anilines is 2. The van der Waals surface area contributed by atoms with Crippen LogP contribution in [0.3, 0.4) is 0 Å². The minimum Gasteiger partial charge on any atom is -0.461 e. The Morgan fingerprint density at radius 1 is 1.11 bits per heavy atom. The number of nitrogen functional groups attached to an aromatic ring is 1. The molecule has 9 nitrogen and oxygen atoms in total. The van der Waals surface area contributed by atoms with Crippen molar-refractivity contribution < 1.29 is 17.9 Å². The number of nitrogens with zero attached hydrogens (tertiary/aromatic N) is 7. The lowest BCUT2D eigenvalue weighted by molar-refractivity contribution is 0.0329. The zero-order valence-corrected chi connectivity index (χ0v) is 25.9. The first-order valence-electron chi connectivity index (χ1n) is 15.1. The quantitative estimate of drug-likeness (QED) is 0.269. The maximum absolute atomic E-state index is 16.8. The van der Waals surface area contributed by atoms with Crippen LogP contribution < -0.4 is 15.4 Å². The Morgan fingerprint density at radius 3 is 2.76 bits per heavy atom. The number of nitriles is 1. The lowest BCUT2D eigenvalue weighted by Crippen LogP contribution is -2.61. The third-order valence-corrected chi connectivity index (χ3v) is 11.2. The minimum absolute atomic E-state index is 0.00208. The highest BCUT2D eigenvalue weighted by Crippen LogP contribution is 2.46. The maximum Gasteiger partial charge on any atom is 0.319 e. The van der Waals surface area contributed by atoms with E-state index >= 15 is 4.39 Å². The number of ether oxygens (including phenoxy) is 1. The Morgan fingerprint density at radius 2 is 1.93 bits per heavy atom. The van der Waals surface area contributed by atoms with Crippen LogP contribution in [-0.4, -0.2) is 82.3 Å². The molecule has 2 aromatic heterocycles. The molecular formula is C31H30ClF3N8OS. The van der Waals surface area contributed by atoms with Gasteiger partial charge in [0.05, 0.1) is 20.8 Å². The van der Waals surface area contributed by atoms with E-state index in [1.54, 1.807) is 11.0 Å². The molecule has 45 heavy (non-hydrogen) atoms. The molecule has 2 N–H and O–H groups in total. The van der Waals surface area contributed by atoms with Crippen LogP contribution in [0.15, 0.2) is 18.2 Å². The largest absolute Gasteiger partial charge is 0.461 e. The average molecular weight is 655 g/mol. The number of piperidine rings is 1. The fraction of sp³-hybridized carbons (Fsp3) is 0.484. The van der Waals surface area contributed by atoms with Gasteiger partial charge in [-0.3, -0.25) is 4.90 Å². The van der Waals surface area contributed by atoms with Crippen molar-refractivity contribution in [2.45, 2.75) is 43.8 Å². The van der Waals surface area contributed by atoms with Gasteiger partial charge in [-0.2, -0.15) is 15.2 Å². The molecule has 0 unspecified atom stereocenters. The Balaban J connectivity index is 1.25. The van der Waals surface area contributed by atoms with Gasteiger partial charge in [0.2, 0.25) is 0 Å². The molecule has 0 amide bonds. The van der Waals surface area contributed by atoms with Gasteiger partial charge in [-0.15, -0.1) is 0 Å². The predicted octanol–water partition coefficient (Wildman–Crippen LogP) is 5.76. The average Bonchev–Trinajstić information content (AvgIpc) is 3.67. The van der Waals surface area contributed by atoms with E-state index in [1.807, 2.05) is 0 Å². The number of likely N-dealkylation sites (tertiary alicyclic amines) is 1. The zero-order chi connectivity index (χ0) is 31.1. The fourth-order valence-electron chi connectivity index (χ4n) is 8.03. The molecule has 0 saturated carbocycles. The second-order valence-electron chi connectivity index (χ2n) is 12.9. The van der Waals surface area contributed by atoms with Crippen LogP contribution in [0.5, 0.6) is 6.01 Å². The van der Waals surface area contributed by atoms with E-state index < -0.39 is 23.3 Å². The molecule has 234 valence electrons. The van der Waals surface area contributed by atoms with E-state index in [0.29, 0.717) is 55.9 Å². The molecule has 0 bridgehead atoms. The third kappa shape index (κ3) is 4.63. The summed E-state index contributed by atoms with van der Waals surface area (Å²) in [7, 11) is 0. The Kier molecular flexibility index (Phi) is 6.71. The SMILES string of the molecule is N#CN1CC2(CCCN(c3nc(OC[C@@]45CCCN4C[C@H](F)C5)nc4c(F)c(-c5ccc(F)c6sc(N)nc56)c(Cl)cc34)C2)C1. The lowest BCUT2D eigenvalue weighted by atomic mass is 9.73. The van der Waals surface area contributed by atoms with Gasteiger partial charge in [0, 0.05) is 61.1 Å². The summed E-state index contributed by atoms with van der Waals surface area (Å²) in [5.74, 6) is -0.718. The van der Waals surface area contributed by atoms with Gasteiger partial charge in [0.1, 0.15) is 29.9 Å². The molecule has 0 radical (unpaired) electrons. The molecule has 1 spiro atoms. The summed E-state index contributed by atoms with van der Waals surface area (Å²) < 4.78 is 52.4. The maximum atomic E-state index is 16.8. The van der Waals surface area contributed by atoms with Gasteiger partial charge in [0.25, 0.3) is 0 Å². The summed E-state index contributed by atoms with van der Waals surface area (Å²) in [5, 5.41) is 10.0. The molecule has 2 atom stereocenters. The van der Waals surface area contributed by atoms with Crippen LogP contribution in [0.4, 0.5) is 24.1 Å². The number of hydrogen-bond donors (Lipinski definition) is 1. The van der Waals surface area contributed by atoms with Crippen molar-refractivity contribution in [1.82, 2.24) is 24.8 Å². The molecule has 0 aliphatic carbocycles. The number of hydrogen-bond acceptors (Lipinski definition) is 10. The van der Waals surface area contributed by atoms with Crippen LogP contribution in [-0.2, 0) is 0 Å². The molecule has 14 heteroatoms. The number of aromatic nitrogens is 3. The van der Waals surface area contributed by atoms with Crippen molar-refractivity contribution in [2.24, 2.45) is 5.41 Å². The monoisotopic (exact) mass is 654 g/mol. The van der Waals surface area contributed by atoms with E-state index in [0.717, 1.165) is 43.6 Å². The first-order chi connectivity index (χ1) is 21.7. The number of alkyl halides is 1. The van der Waals surface area contributed by atoms with Crippen LogP contribution >= 0.6 is 22.9 Å². The topological polar surface area (TPSA) is 107 Å². The van der Waals surface area contributed by atoms with Gasteiger partial charge in [-0.05, 0) is 50.4 Å². The minimum atomic E-state index is -0.920. The highest BCUT2D eigenvalue weighted by molar-refractivity contribution is 7.22. The summed E-state index contributed by atoms with van der Waals surface area (Å²) in [6.07, 6.45) is 5.30. The van der Waals surface area contributed by atoms with Crippen molar-refractivity contribution in [3.05, 3.63) is 34.9 Å². The van der Waals surface area contributed by atoms with E-state index in [4.69, 9.17) is 27.1 Å². The normalized spacial score (nSPS) is 24.4. The Labute approximate surface area is 266 Å². The summed E-state index contributed by atoms with van der Waals surface area (Å²) in [4.78, 5) is 19.7. The molecule has 6 heterocycles. The van der Waals surface area contributed by atoms with Crippen molar-refractivity contribution in [2.75, 3.05) is 56.5 Å². The van der Waals surface area contributed by atoms with Crippen LogP contribution in [0.25, 0.3) is 32.2 Å². The summed E-state index contributed by atoms with van der Waals surface area (Å²) in [5.41, 5.74) is 5.96. The molecule has 4 saturated heterocycles. The van der Waals surface area contributed by atoms with Crippen LogP contribution in [0.1, 0.15) is 32.1 Å². The van der Waals surface area contributed by atoms with Gasteiger partial charge in [-0.1, -0.05) is 22.9 Å². The first kappa shape index (κ1) is 28.8. The Bertz CT molecular complexity index is 1890. The van der Waals surface area contributed by atoms with E-state index in [2.05, 4.69) is 26.0 Å². The first-order valence-corrected chi connectivity index (χ1v) is 16.3. The zero-order valence-electron chi connectivity index (χ0n) is 24.3. The summed E-state index contributed by atoms with van der Waals surface area (Å²) >= 11 is 7.80. The second-order valence-corrected chi connectivity index (χ2v) is 14.4. The Hall–Kier alpha value is -3.60. The fourth-order valence-corrected chi connectivity index (χ4v) is 9.09. The van der Waals surface area contributed by atoms with E-state index in [-0.39, 0.29) is 49.5 Å². The molecule has 4 aromatic rings. The number of benzene rings is 2. The van der Waals surface area contributed by atoms with Crippen molar-refractivity contribution in [1.29, 1.82) is 5.26 Å². The predicted molar refractivity (Wildman–Crippen MR) is 167 cm³/mol. The number of thiazole rings is 1. The molecule has 8 rings (SSSR count). The van der Waals surface area contributed by atoms with Gasteiger partial charge in [0.15, 0.2) is 17.1 Å². The molecule has 2 aromatic carbocycles. The van der Waals surface area contributed by atoms with Crippen LogP contribution in [0.2, 0.25) is 5.02 Å². The number of halogens is 4. The van der Waals surface area contributed by atoms with Crippen LogP contribution in [0, 0.1) is 28.5 Å². The number of nitrogens with two attached hydrogens (primary N) is 1. The van der Waals surface area contributed by atoms with Gasteiger partial charge >= 0.3 is 6.01 Å². The number of rotatable bonds is 5. The standard InChI is InChI=1S/C31H30ClF3N8OS/c32-20-9-19-24(23(35)22(20)18-3-4-21(34)26-25(18)38-28(37)45-26)39-29(44-15-31-6-2-8-43(31)11-17(33)10-31)40-27(19)42-7-1-5-30(14-42)12-41(13-30)16-36/h3-4,9,17H,1-2,5-8,10-15H2,(H2,37,38)/t17-,31+/m1/s1. The van der Waals surface area contributed by atoms with Crippen molar-refractivity contribution in [3.63, 3.8) is 0 Å². The third-order valence-electron chi connectivity index (χ3n) is 10.0. The van der Waals surface area contributed by atoms with Crippen molar-refractivity contribution >= 4 is 55.0 Å². The highest BCUT2D eigenvalue weighted by atomic mass is 35.5.